The summed E-state index contributed by atoms with van der Waals surface area (Å²) in [5.74, 6) is -0.800. The molecule has 5 aromatic rings. The summed E-state index contributed by atoms with van der Waals surface area (Å²) >= 11 is 13.9. The zero-order chi connectivity index (χ0) is 48.3. The number of β-amino-alcohol motifs (C(OH)–C–C–N with tert-alkyl or cyclic N) is 1. The topological polar surface area (TPSA) is 226 Å². The van der Waals surface area contributed by atoms with E-state index in [1.54, 1.807) is 24.5 Å². The number of aliphatic hydroxyl groups is 1. The number of nitrogens with one attached hydrogen (secondary N) is 5. The number of methoxy groups -OCH3 is 1. The maximum atomic E-state index is 14.0. The van der Waals surface area contributed by atoms with Crippen LogP contribution in [0.3, 0.4) is 0 Å². The number of rotatable bonds is 21. The Morgan fingerprint density at radius 2 is 1.72 bits per heavy atom. The van der Waals surface area contributed by atoms with Gasteiger partial charge in [0.1, 0.15) is 24.4 Å². The third-order valence-electron chi connectivity index (χ3n) is 11.3. The van der Waals surface area contributed by atoms with E-state index < -0.39 is 41.6 Å². The average molecular weight is 981 g/mol. The number of pyridine rings is 1. The first-order valence-corrected chi connectivity index (χ1v) is 23.8. The Morgan fingerprint density at radius 3 is 2.43 bits per heavy atom. The van der Waals surface area contributed by atoms with Crippen LogP contribution in [0.15, 0.2) is 54.3 Å². The van der Waals surface area contributed by atoms with Crippen LogP contribution < -0.4 is 31.3 Å². The number of urea groups is 1. The van der Waals surface area contributed by atoms with Crippen LogP contribution in [0.2, 0.25) is 10.2 Å². The van der Waals surface area contributed by atoms with E-state index in [1.165, 1.54) is 27.9 Å². The van der Waals surface area contributed by atoms with Gasteiger partial charge in [0.15, 0.2) is 10.8 Å². The maximum Gasteiger partial charge on any atom is 0.323 e. The van der Waals surface area contributed by atoms with E-state index in [2.05, 4.69) is 46.6 Å². The average Bonchev–Trinajstić information content (AvgIpc) is 4.02. The molecule has 0 aliphatic carbocycles. The minimum absolute atomic E-state index is 0.00845. The molecule has 4 aromatic heterocycles. The van der Waals surface area contributed by atoms with Gasteiger partial charge in [0.2, 0.25) is 23.6 Å². The van der Waals surface area contributed by atoms with Gasteiger partial charge in [-0.25, -0.2) is 24.3 Å². The van der Waals surface area contributed by atoms with E-state index in [0.29, 0.717) is 35.0 Å². The number of ether oxygens (including phenoxy) is 2. The summed E-state index contributed by atoms with van der Waals surface area (Å²) in [5, 5.41) is 30.1. The number of benzene rings is 1. The number of carbonyl (C=O) groups excluding carboxylic acids is 4. The number of aliphatic hydroxyl groups excluding tert-OH is 1. The molecule has 5 amide bonds. The fourth-order valence-electron chi connectivity index (χ4n) is 7.68. The zero-order valence-electron chi connectivity index (χ0n) is 38.5. The van der Waals surface area contributed by atoms with Crippen molar-refractivity contribution in [2.75, 3.05) is 44.0 Å². The lowest BCUT2D eigenvalue weighted by atomic mass is 9.85. The third kappa shape index (κ3) is 13.8. The second-order valence-electron chi connectivity index (χ2n) is 17.5. The predicted molar refractivity (Wildman–Crippen MR) is 258 cm³/mol. The fourth-order valence-corrected chi connectivity index (χ4v) is 8.82. The van der Waals surface area contributed by atoms with Gasteiger partial charge in [0.05, 0.1) is 50.9 Å². The molecule has 1 aliphatic heterocycles. The Labute approximate surface area is 403 Å². The van der Waals surface area contributed by atoms with Gasteiger partial charge in [-0.3, -0.25) is 14.4 Å². The van der Waals surface area contributed by atoms with E-state index in [0.717, 1.165) is 47.5 Å². The normalized spacial score (nSPS) is 15.9. The summed E-state index contributed by atoms with van der Waals surface area (Å²) < 4.78 is 12.9. The van der Waals surface area contributed by atoms with Crippen molar-refractivity contribution in [1.29, 1.82) is 0 Å². The van der Waals surface area contributed by atoms with Crippen molar-refractivity contribution >= 4 is 75.3 Å². The summed E-state index contributed by atoms with van der Waals surface area (Å²) in [6, 6.07) is 8.69. The first-order chi connectivity index (χ1) is 32.0. The number of amides is 5. The molecule has 1 aromatic carbocycles. The second-order valence-corrected chi connectivity index (χ2v) is 19.1. The van der Waals surface area contributed by atoms with Crippen molar-refractivity contribution < 1.29 is 33.8 Å². The molecule has 0 radical (unpaired) electrons. The van der Waals surface area contributed by atoms with Crippen LogP contribution in [0, 0.1) is 12.3 Å². The summed E-state index contributed by atoms with van der Waals surface area (Å²) in [5.41, 5.74) is 5.75. The number of carbonyl (C=O) groups is 4. The molecular formula is C46H59Cl2N11O7S. The molecule has 6 rings (SSSR count). The molecule has 67 heavy (non-hydrogen) atoms. The van der Waals surface area contributed by atoms with Crippen LogP contribution in [-0.4, -0.2) is 110 Å². The Hall–Kier alpha value is -5.44. The molecular weight excluding hydrogens is 922 g/mol. The number of hydrogen-bond donors (Lipinski definition) is 6. The highest BCUT2D eigenvalue weighted by molar-refractivity contribution is 7.13. The molecule has 0 spiro atoms. The molecule has 0 saturated carbocycles. The number of fused-ring (bicyclic) bond motifs is 1. The molecule has 1 unspecified atom stereocenters. The number of halogens is 2. The van der Waals surface area contributed by atoms with Crippen molar-refractivity contribution in [3.05, 3.63) is 81.4 Å². The number of thiazole rings is 1. The highest BCUT2D eigenvalue weighted by Crippen LogP contribution is 2.31. The first kappa shape index (κ1) is 51.0. The quantitative estimate of drug-likeness (QED) is 0.0411. The van der Waals surface area contributed by atoms with Crippen LogP contribution in [0.4, 0.5) is 16.2 Å². The lowest BCUT2D eigenvalue weighted by Gasteiger charge is -2.35. The van der Waals surface area contributed by atoms with Crippen molar-refractivity contribution in [3.8, 4) is 16.3 Å². The predicted octanol–water partition coefficient (Wildman–Crippen LogP) is 6.94. The van der Waals surface area contributed by atoms with E-state index in [9.17, 15) is 24.3 Å². The molecule has 18 nitrogen and oxygen atoms in total. The minimum Gasteiger partial charge on any atom is -0.475 e. The molecule has 4 atom stereocenters. The van der Waals surface area contributed by atoms with Crippen LogP contribution >= 0.6 is 34.5 Å². The third-order valence-corrected chi connectivity index (χ3v) is 12.6. The Bertz CT molecular complexity index is 2500. The van der Waals surface area contributed by atoms with Gasteiger partial charge in [-0.05, 0) is 55.8 Å². The minimum atomic E-state index is -0.887. The largest absolute Gasteiger partial charge is 0.475 e. The van der Waals surface area contributed by atoms with Gasteiger partial charge in [0, 0.05) is 51.8 Å². The van der Waals surface area contributed by atoms with E-state index in [1.807, 2.05) is 64.4 Å². The number of likely N-dealkylation sites (tertiary alicyclic amines) is 1. The van der Waals surface area contributed by atoms with Gasteiger partial charge >= 0.3 is 6.03 Å². The summed E-state index contributed by atoms with van der Waals surface area (Å²) in [4.78, 5) is 69.2. The highest BCUT2D eigenvalue weighted by Gasteiger charge is 2.44. The fraction of sp³-hybridized carbons (Fsp3) is 0.478. The molecule has 1 aliphatic rings. The highest BCUT2D eigenvalue weighted by atomic mass is 35.5. The van der Waals surface area contributed by atoms with Gasteiger partial charge in [-0.2, -0.15) is 5.10 Å². The molecule has 1 saturated heterocycles. The van der Waals surface area contributed by atoms with Gasteiger partial charge in [-0.1, -0.05) is 81.1 Å². The van der Waals surface area contributed by atoms with Gasteiger partial charge < -0.3 is 46.1 Å². The van der Waals surface area contributed by atoms with E-state index in [-0.39, 0.29) is 61.1 Å². The van der Waals surface area contributed by atoms with E-state index >= 15 is 0 Å². The molecule has 6 N–H and O–H groups in total. The van der Waals surface area contributed by atoms with Crippen molar-refractivity contribution in [3.63, 3.8) is 0 Å². The first-order valence-electron chi connectivity index (χ1n) is 22.2. The number of anilines is 2. The standard InChI is InChI=1S/C46H59Cl2N11O7S/c1-27-40(67-26-53-27)30-14-12-29(13-15-30)22-51-42(62)35-20-32(60)25-58(35)44(63)41(46(3,4)5)56-38(61)11-9-7-8-10-16-49-17-18-66-43-33(19-31(47)23-52-43)54-45(64)55-34-24-50-37-21-36(48)57-59(37)39(34)28(2)65-6/h12-15,19,21,23-24,26,28,32,35,41,49,60H,7-11,16-18,20,22,25H2,1-6H3,(H,51,62)(H,56,61)(H2,54,55,64)/t28-,32-,35+,41?/m0/s1. The van der Waals surface area contributed by atoms with Gasteiger partial charge in [0.25, 0.3) is 0 Å². The van der Waals surface area contributed by atoms with Crippen molar-refractivity contribution in [2.45, 2.75) is 104 Å². The maximum absolute atomic E-state index is 14.0. The SMILES string of the molecule is CO[C@@H](C)c1c(NC(=O)Nc2cc(Cl)cnc2OCCNCCCCCCC(=O)NC(C(=O)N2C[C@@H](O)C[C@@H]2C(=O)NCc2ccc(-c3scnc3C)cc2)C(C)(C)C)cnc2cc(Cl)nn12. The van der Waals surface area contributed by atoms with Crippen LogP contribution in [0.25, 0.3) is 16.1 Å². The van der Waals surface area contributed by atoms with Crippen LogP contribution in [0.1, 0.15) is 89.3 Å². The lowest BCUT2D eigenvalue weighted by molar-refractivity contribution is -0.144. The van der Waals surface area contributed by atoms with E-state index in [4.69, 9.17) is 32.7 Å². The summed E-state index contributed by atoms with van der Waals surface area (Å²) in [6.45, 7) is 11.1. The number of aromatic nitrogens is 5. The second kappa shape index (κ2) is 23.5. The molecule has 5 heterocycles. The molecule has 21 heteroatoms. The van der Waals surface area contributed by atoms with Crippen molar-refractivity contribution in [2.24, 2.45) is 5.41 Å². The van der Waals surface area contributed by atoms with Gasteiger partial charge in [-0.15, -0.1) is 11.3 Å². The summed E-state index contributed by atoms with van der Waals surface area (Å²) in [7, 11) is 1.54. The molecule has 360 valence electrons. The Balaban J connectivity index is 0.887. The number of hydrogen-bond acceptors (Lipinski definition) is 13. The Morgan fingerprint density at radius 1 is 0.970 bits per heavy atom. The summed E-state index contributed by atoms with van der Waals surface area (Å²) in [6.07, 6.45) is 5.17. The van der Waals surface area contributed by atoms with Crippen LogP contribution in [0.5, 0.6) is 5.88 Å². The zero-order valence-corrected chi connectivity index (χ0v) is 40.9. The lowest BCUT2D eigenvalue weighted by Crippen LogP contribution is -2.57. The number of nitrogens with zero attached hydrogens (tertiary/aromatic N) is 6. The van der Waals surface area contributed by atoms with Crippen LogP contribution in [-0.2, 0) is 25.7 Å². The Kier molecular flexibility index (Phi) is 17.9. The molecule has 1 fully saturated rings. The monoisotopic (exact) mass is 979 g/mol. The van der Waals surface area contributed by atoms with Crippen molar-refractivity contribution in [1.82, 2.24) is 45.4 Å². The smallest absolute Gasteiger partial charge is 0.323 e. The number of unbranched alkanes of at least 4 members (excludes halogenated alkanes) is 3. The number of aryl methyl sites for hydroxylation is 1. The molecule has 0 bridgehead atoms.